The third-order valence-electron chi connectivity index (χ3n) is 3.62. The van der Waals surface area contributed by atoms with Crippen molar-refractivity contribution < 1.29 is 0 Å². The first kappa shape index (κ1) is 14.6. The van der Waals surface area contributed by atoms with Gasteiger partial charge in [0.15, 0.2) is 5.96 Å². The summed E-state index contributed by atoms with van der Waals surface area (Å²) in [5.41, 5.74) is 6.89. The minimum Gasteiger partial charge on any atom is -0.370 e. The molecule has 1 saturated carbocycles. The topological polar surface area (TPSA) is 66.5 Å². The quantitative estimate of drug-likeness (QED) is 0.650. The number of nitrogens with zero attached hydrogens (tertiary/aromatic N) is 3. The molecule has 0 saturated heterocycles. The van der Waals surface area contributed by atoms with E-state index in [9.17, 15) is 0 Å². The number of hydrogen-bond donors (Lipinski definition) is 2. The van der Waals surface area contributed by atoms with Crippen molar-refractivity contribution in [1.29, 1.82) is 0 Å². The number of pyridine rings is 1. The molecule has 1 heterocycles. The Morgan fingerprint density at radius 2 is 2.10 bits per heavy atom. The Balaban J connectivity index is 1.89. The van der Waals surface area contributed by atoms with Crippen LogP contribution in [0.5, 0.6) is 0 Å². The Morgan fingerprint density at radius 3 is 2.80 bits per heavy atom. The van der Waals surface area contributed by atoms with E-state index in [0.717, 1.165) is 11.5 Å². The van der Waals surface area contributed by atoms with Gasteiger partial charge in [-0.3, -0.25) is 0 Å². The molecule has 0 aliphatic heterocycles. The van der Waals surface area contributed by atoms with Crippen LogP contribution in [0.25, 0.3) is 0 Å². The molecule has 0 amide bonds. The summed E-state index contributed by atoms with van der Waals surface area (Å²) in [5, 5.41) is 3.32. The van der Waals surface area contributed by atoms with Gasteiger partial charge >= 0.3 is 0 Å². The number of rotatable bonds is 4. The average molecular weight is 275 g/mol. The molecule has 5 nitrogen and oxygen atoms in total. The molecule has 1 aromatic heterocycles. The maximum absolute atomic E-state index is 5.95. The van der Waals surface area contributed by atoms with Gasteiger partial charge in [-0.1, -0.05) is 25.3 Å². The zero-order valence-corrected chi connectivity index (χ0v) is 12.5. The molecule has 1 fully saturated rings. The second-order valence-electron chi connectivity index (χ2n) is 5.56. The Kier molecular flexibility index (Phi) is 5.21. The van der Waals surface area contributed by atoms with Gasteiger partial charge in [0, 0.05) is 20.1 Å². The summed E-state index contributed by atoms with van der Waals surface area (Å²) in [7, 11) is 3.96. The van der Waals surface area contributed by atoms with Crippen molar-refractivity contribution in [3.63, 3.8) is 0 Å². The predicted octanol–water partition coefficient (Wildman–Crippen LogP) is 1.88. The summed E-state index contributed by atoms with van der Waals surface area (Å²) >= 11 is 0. The van der Waals surface area contributed by atoms with Crippen molar-refractivity contribution in [1.82, 2.24) is 10.3 Å². The van der Waals surface area contributed by atoms with Crippen LogP contribution in [0.3, 0.4) is 0 Å². The second-order valence-corrected chi connectivity index (χ2v) is 5.56. The lowest BCUT2D eigenvalue weighted by atomic mass is 9.96. The molecule has 1 aromatic rings. The largest absolute Gasteiger partial charge is 0.370 e. The number of anilines is 1. The van der Waals surface area contributed by atoms with Crippen LogP contribution in [0.1, 0.15) is 37.8 Å². The minimum absolute atomic E-state index is 0.494. The van der Waals surface area contributed by atoms with Crippen molar-refractivity contribution in [2.75, 3.05) is 19.0 Å². The van der Waals surface area contributed by atoms with Crippen molar-refractivity contribution in [3.05, 3.63) is 23.9 Å². The van der Waals surface area contributed by atoms with E-state index in [2.05, 4.69) is 15.3 Å². The molecule has 20 heavy (non-hydrogen) atoms. The number of nitrogens with two attached hydrogens (primary N) is 1. The van der Waals surface area contributed by atoms with Gasteiger partial charge in [-0.25, -0.2) is 9.98 Å². The molecule has 0 spiro atoms. The highest BCUT2D eigenvalue weighted by molar-refractivity contribution is 5.78. The van der Waals surface area contributed by atoms with Gasteiger partial charge < -0.3 is 16.0 Å². The van der Waals surface area contributed by atoms with E-state index in [1.807, 2.05) is 37.2 Å². The molecule has 0 bridgehead atoms. The Labute approximate surface area is 121 Å². The molecular formula is C15H25N5. The third-order valence-corrected chi connectivity index (χ3v) is 3.62. The number of hydrogen-bond acceptors (Lipinski definition) is 3. The zero-order chi connectivity index (χ0) is 14.4. The normalized spacial score (nSPS) is 17.0. The summed E-state index contributed by atoms with van der Waals surface area (Å²) in [5.74, 6) is 1.48. The first-order valence-corrected chi connectivity index (χ1v) is 7.35. The van der Waals surface area contributed by atoms with Gasteiger partial charge in [-0.2, -0.15) is 0 Å². The zero-order valence-electron chi connectivity index (χ0n) is 12.5. The van der Waals surface area contributed by atoms with Gasteiger partial charge in [0.25, 0.3) is 0 Å². The highest BCUT2D eigenvalue weighted by Crippen LogP contribution is 2.17. The summed E-state index contributed by atoms with van der Waals surface area (Å²) in [6.45, 7) is 0.521. The van der Waals surface area contributed by atoms with E-state index in [0.29, 0.717) is 18.5 Å². The number of guanidine groups is 1. The third kappa shape index (κ3) is 4.40. The van der Waals surface area contributed by atoms with E-state index in [1.54, 1.807) is 0 Å². The summed E-state index contributed by atoms with van der Waals surface area (Å²) < 4.78 is 0. The van der Waals surface area contributed by atoms with Crippen LogP contribution in [0.2, 0.25) is 0 Å². The lowest BCUT2D eigenvalue weighted by molar-refractivity contribution is 0.412. The molecule has 0 aromatic carbocycles. The van der Waals surface area contributed by atoms with E-state index in [1.165, 1.54) is 32.1 Å². The summed E-state index contributed by atoms with van der Waals surface area (Å²) in [6, 6.07) is 6.45. The van der Waals surface area contributed by atoms with Crippen molar-refractivity contribution in [3.8, 4) is 0 Å². The van der Waals surface area contributed by atoms with Crippen molar-refractivity contribution in [2.24, 2.45) is 10.7 Å². The molecule has 2 rings (SSSR count). The number of nitrogens with one attached hydrogen (secondary N) is 1. The van der Waals surface area contributed by atoms with Crippen LogP contribution >= 0.6 is 0 Å². The molecule has 1 aliphatic rings. The maximum atomic E-state index is 5.95. The Hall–Kier alpha value is -1.78. The van der Waals surface area contributed by atoms with Gasteiger partial charge in [-0.15, -0.1) is 0 Å². The highest BCUT2D eigenvalue weighted by Gasteiger charge is 2.13. The molecule has 0 atom stereocenters. The SMILES string of the molecule is CN(C)c1cccc(CN=C(N)NC2CCCCC2)n1. The molecule has 5 heteroatoms. The molecule has 1 aliphatic carbocycles. The van der Waals surface area contributed by atoms with Crippen molar-refractivity contribution in [2.45, 2.75) is 44.7 Å². The fourth-order valence-corrected chi connectivity index (χ4v) is 2.47. The van der Waals surface area contributed by atoms with E-state index in [-0.39, 0.29) is 0 Å². The van der Waals surface area contributed by atoms with Crippen LogP contribution in [0.4, 0.5) is 5.82 Å². The first-order valence-electron chi connectivity index (χ1n) is 7.35. The fraction of sp³-hybridized carbons (Fsp3) is 0.600. The van der Waals surface area contributed by atoms with E-state index < -0.39 is 0 Å². The standard InChI is InChI=1S/C15H25N5/c1-20(2)14-10-6-9-13(18-14)11-17-15(16)19-12-7-4-3-5-8-12/h6,9-10,12H,3-5,7-8,11H2,1-2H3,(H3,16,17,19). The van der Waals surface area contributed by atoms with Crippen LogP contribution in [0, 0.1) is 0 Å². The smallest absolute Gasteiger partial charge is 0.189 e. The van der Waals surface area contributed by atoms with Gasteiger partial charge in [0.1, 0.15) is 5.82 Å². The lowest BCUT2D eigenvalue weighted by Gasteiger charge is -2.23. The van der Waals surface area contributed by atoms with Crippen LogP contribution in [-0.2, 0) is 6.54 Å². The molecule has 0 radical (unpaired) electrons. The monoisotopic (exact) mass is 275 g/mol. The van der Waals surface area contributed by atoms with Crippen LogP contribution < -0.4 is 16.0 Å². The Morgan fingerprint density at radius 1 is 1.35 bits per heavy atom. The van der Waals surface area contributed by atoms with Gasteiger partial charge in [0.05, 0.1) is 12.2 Å². The second kappa shape index (κ2) is 7.12. The lowest BCUT2D eigenvalue weighted by Crippen LogP contribution is -2.41. The minimum atomic E-state index is 0.494. The van der Waals surface area contributed by atoms with Gasteiger partial charge in [-0.05, 0) is 25.0 Å². The first-order chi connectivity index (χ1) is 9.65. The maximum Gasteiger partial charge on any atom is 0.189 e. The number of aromatic nitrogens is 1. The molecule has 3 N–H and O–H groups in total. The molecular weight excluding hydrogens is 250 g/mol. The highest BCUT2D eigenvalue weighted by atomic mass is 15.1. The Bertz CT molecular complexity index is 449. The fourth-order valence-electron chi connectivity index (χ4n) is 2.47. The van der Waals surface area contributed by atoms with Crippen molar-refractivity contribution >= 4 is 11.8 Å². The number of aliphatic imine (C=N–C) groups is 1. The van der Waals surface area contributed by atoms with E-state index in [4.69, 9.17) is 5.73 Å². The van der Waals surface area contributed by atoms with E-state index >= 15 is 0 Å². The molecule has 110 valence electrons. The van der Waals surface area contributed by atoms with Crippen LogP contribution in [-0.4, -0.2) is 31.1 Å². The summed E-state index contributed by atoms with van der Waals surface area (Å²) in [6.07, 6.45) is 6.32. The molecule has 0 unspecified atom stereocenters. The summed E-state index contributed by atoms with van der Waals surface area (Å²) in [4.78, 5) is 10.9. The predicted molar refractivity (Wildman–Crippen MR) is 83.9 cm³/mol. The van der Waals surface area contributed by atoms with Gasteiger partial charge in [0.2, 0.25) is 0 Å². The van der Waals surface area contributed by atoms with Crippen LogP contribution in [0.15, 0.2) is 23.2 Å². The average Bonchev–Trinajstić information content (AvgIpc) is 2.46.